The van der Waals surface area contributed by atoms with Crippen LogP contribution in [0.2, 0.25) is 10.0 Å². The Balaban J connectivity index is 0.00000208. The SMILES string of the molecule is Cl.O=C1CN(C[C@@H]2CNCCO[C@H]2c2ccc(Cl)c(Cl)c2)C(=O)N1. The van der Waals surface area contributed by atoms with E-state index in [0.717, 1.165) is 12.1 Å². The standard InChI is InChI=1S/C15H17Cl2N3O3.ClH/c16-11-2-1-9(5-12(11)17)14-10(6-18-3-4-23-14)7-20-8-13(21)19-15(20)22;/h1-2,5,10,14,18H,3-4,6-8H2,(H,19,21,22);1H/t10-,14-;/m0./s1. The molecular formula is C15H18Cl3N3O3. The van der Waals surface area contributed by atoms with Gasteiger partial charge in [0, 0.05) is 25.6 Å². The predicted octanol–water partition coefficient (Wildman–Crippen LogP) is 2.24. The Kier molecular flexibility index (Phi) is 6.71. The first-order chi connectivity index (χ1) is 11.0. The summed E-state index contributed by atoms with van der Waals surface area (Å²) in [6.07, 6.45) is -0.219. The first kappa shape index (κ1) is 19.3. The fourth-order valence-electron chi connectivity index (χ4n) is 2.92. The van der Waals surface area contributed by atoms with Crippen LogP contribution in [0.5, 0.6) is 0 Å². The summed E-state index contributed by atoms with van der Waals surface area (Å²) in [6, 6.07) is 5.06. The minimum Gasteiger partial charge on any atom is -0.372 e. The maximum Gasteiger partial charge on any atom is 0.324 e. The minimum atomic E-state index is -0.355. The highest BCUT2D eigenvalue weighted by Crippen LogP contribution is 2.32. The minimum absolute atomic E-state index is 0. The van der Waals surface area contributed by atoms with E-state index in [4.69, 9.17) is 27.9 Å². The molecule has 132 valence electrons. The quantitative estimate of drug-likeness (QED) is 0.772. The molecule has 0 bridgehead atoms. The number of rotatable bonds is 3. The first-order valence-electron chi connectivity index (χ1n) is 7.40. The van der Waals surface area contributed by atoms with Crippen LogP contribution in [0.1, 0.15) is 11.7 Å². The molecule has 9 heteroatoms. The van der Waals surface area contributed by atoms with Crippen molar-refractivity contribution in [3.63, 3.8) is 0 Å². The van der Waals surface area contributed by atoms with Crippen LogP contribution in [0.15, 0.2) is 18.2 Å². The zero-order chi connectivity index (χ0) is 16.4. The zero-order valence-corrected chi connectivity index (χ0v) is 15.1. The summed E-state index contributed by atoms with van der Waals surface area (Å²) in [5.74, 6) is -0.269. The normalized spacial score (nSPS) is 24.3. The number of ether oxygens (including phenoxy) is 1. The predicted molar refractivity (Wildman–Crippen MR) is 93.9 cm³/mol. The van der Waals surface area contributed by atoms with E-state index in [1.165, 1.54) is 4.90 Å². The van der Waals surface area contributed by atoms with Gasteiger partial charge >= 0.3 is 6.03 Å². The molecule has 2 fully saturated rings. The molecule has 0 saturated carbocycles. The lowest BCUT2D eigenvalue weighted by Crippen LogP contribution is -2.38. The molecule has 24 heavy (non-hydrogen) atoms. The number of urea groups is 1. The van der Waals surface area contributed by atoms with Gasteiger partial charge in [0.2, 0.25) is 5.91 Å². The van der Waals surface area contributed by atoms with Gasteiger partial charge in [0.15, 0.2) is 0 Å². The van der Waals surface area contributed by atoms with Crippen molar-refractivity contribution in [1.29, 1.82) is 0 Å². The zero-order valence-electron chi connectivity index (χ0n) is 12.8. The van der Waals surface area contributed by atoms with E-state index < -0.39 is 0 Å². The number of carbonyl (C=O) groups excluding carboxylic acids is 2. The van der Waals surface area contributed by atoms with Gasteiger partial charge in [0.25, 0.3) is 0 Å². The van der Waals surface area contributed by atoms with Crippen LogP contribution in [-0.4, -0.2) is 49.6 Å². The molecule has 0 aliphatic carbocycles. The number of hydrogen-bond donors (Lipinski definition) is 2. The van der Waals surface area contributed by atoms with Crippen molar-refractivity contribution in [3.05, 3.63) is 33.8 Å². The second-order valence-corrected chi connectivity index (χ2v) is 6.48. The van der Waals surface area contributed by atoms with Crippen molar-refractivity contribution in [2.75, 3.05) is 32.8 Å². The van der Waals surface area contributed by atoms with Gasteiger partial charge in [-0.3, -0.25) is 10.1 Å². The average Bonchev–Trinajstić information content (AvgIpc) is 2.71. The first-order valence-corrected chi connectivity index (χ1v) is 8.16. The summed E-state index contributed by atoms with van der Waals surface area (Å²) in [5, 5.41) is 6.55. The third kappa shape index (κ3) is 4.32. The Hall–Kier alpha value is -1.05. The van der Waals surface area contributed by atoms with E-state index in [1.54, 1.807) is 12.1 Å². The molecule has 2 atom stereocenters. The lowest BCUT2D eigenvalue weighted by atomic mass is 9.95. The Bertz CT molecular complexity index is 629. The fraction of sp³-hybridized carbons (Fsp3) is 0.467. The second kappa shape index (κ2) is 8.36. The Morgan fingerprint density at radius 1 is 1.25 bits per heavy atom. The van der Waals surface area contributed by atoms with Crippen LogP contribution in [0.25, 0.3) is 0 Å². The van der Waals surface area contributed by atoms with Crippen LogP contribution < -0.4 is 10.6 Å². The third-order valence-electron chi connectivity index (χ3n) is 4.01. The van der Waals surface area contributed by atoms with Crippen LogP contribution in [0.3, 0.4) is 0 Å². The molecule has 1 aromatic carbocycles. The summed E-state index contributed by atoms with van der Waals surface area (Å²) in [7, 11) is 0. The molecule has 2 aliphatic heterocycles. The fourth-order valence-corrected chi connectivity index (χ4v) is 3.23. The average molecular weight is 395 g/mol. The maximum atomic E-state index is 11.8. The molecule has 0 radical (unpaired) electrons. The van der Waals surface area contributed by atoms with Gasteiger partial charge in [-0.05, 0) is 17.7 Å². The number of imide groups is 1. The molecule has 3 amide bonds. The van der Waals surface area contributed by atoms with E-state index >= 15 is 0 Å². The number of hydrogen-bond acceptors (Lipinski definition) is 4. The molecule has 3 rings (SSSR count). The van der Waals surface area contributed by atoms with E-state index in [0.29, 0.717) is 29.7 Å². The molecule has 0 aromatic heterocycles. The van der Waals surface area contributed by atoms with Crippen LogP contribution in [-0.2, 0) is 9.53 Å². The molecule has 6 nitrogen and oxygen atoms in total. The molecule has 2 aliphatic rings. The topological polar surface area (TPSA) is 70.7 Å². The summed E-state index contributed by atoms with van der Waals surface area (Å²) >= 11 is 12.1. The van der Waals surface area contributed by atoms with Gasteiger partial charge in [-0.15, -0.1) is 12.4 Å². The smallest absolute Gasteiger partial charge is 0.324 e. The molecule has 2 heterocycles. The number of nitrogens with zero attached hydrogens (tertiary/aromatic N) is 1. The number of halogens is 3. The van der Waals surface area contributed by atoms with Gasteiger partial charge in [-0.2, -0.15) is 0 Å². The van der Waals surface area contributed by atoms with Gasteiger partial charge < -0.3 is 15.0 Å². The highest BCUT2D eigenvalue weighted by atomic mass is 35.5. The van der Waals surface area contributed by atoms with E-state index in [-0.39, 0.29) is 42.9 Å². The summed E-state index contributed by atoms with van der Waals surface area (Å²) in [4.78, 5) is 24.6. The van der Waals surface area contributed by atoms with E-state index in [2.05, 4.69) is 10.6 Å². The van der Waals surface area contributed by atoms with Crippen molar-refractivity contribution in [2.45, 2.75) is 6.10 Å². The van der Waals surface area contributed by atoms with Gasteiger partial charge in [-0.25, -0.2) is 4.79 Å². The van der Waals surface area contributed by atoms with Gasteiger partial charge in [0.1, 0.15) is 6.54 Å². The maximum absolute atomic E-state index is 11.8. The molecule has 0 spiro atoms. The number of benzene rings is 1. The number of amides is 3. The highest BCUT2D eigenvalue weighted by molar-refractivity contribution is 6.42. The Labute approximate surface area is 156 Å². The number of carbonyl (C=O) groups is 2. The van der Waals surface area contributed by atoms with Crippen molar-refractivity contribution in [2.24, 2.45) is 5.92 Å². The lowest BCUT2D eigenvalue weighted by molar-refractivity contribution is -0.118. The van der Waals surface area contributed by atoms with Crippen LogP contribution in [0.4, 0.5) is 4.79 Å². The Morgan fingerprint density at radius 2 is 2.04 bits per heavy atom. The van der Waals surface area contributed by atoms with Crippen LogP contribution in [0, 0.1) is 5.92 Å². The van der Waals surface area contributed by atoms with Gasteiger partial charge in [-0.1, -0.05) is 29.3 Å². The monoisotopic (exact) mass is 393 g/mol. The molecule has 2 saturated heterocycles. The Morgan fingerprint density at radius 3 is 2.71 bits per heavy atom. The van der Waals surface area contributed by atoms with Crippen molar-refractivity contribution in [1.82, 2.24) is 15.5 Å². The summed E-state index contributed by atoms with van der Waals surface area (Å²) in [5.41, 5.74) is 0.916. The van der Waals surface area contributed by atoms with E-state index in [9.17, 15) is 9.59 Å². The highest BCUT2D eigenvalue weighted by Gasteiger charge is 2.33. The lowest BCUT2D eigenvalue weighted by Gasteiger charge is -2.28. The van der Waals surface area contributed by atoms with E-state index in [1.807, 2.05) is 6.07 Å². The number of nitrogens with one attached hydrogen (secondary N) is 2. The van der Waals surface area contributed by atoms with Crippen molar-refractivity contribution < 1.29 is 14.3 Å². The molecular weight excluding hydrogens is 377 g/mol. The second-order valence-electron chi connectivity index (χ2n) is 5.66. The summed E-state index contributed by atoms with van der Waals surface area (Å²) in [6.45, 7) is 2.49. The largest absolute Gasteiger partial charge is 0.372 e. The summed E-state index contributed by atoms with van der Waals surface area (Å²) < 4.78 is 5.96. The molecule has 0 unspecified atom stereocenters. The third-order valence-corrected chi connectivity index (χ3v) is 4.75. The van der Waals surface area contributed by atoms with Crippen molar-refractivity contribution in [3.8, 4) is 0 Å². The molecule has 1 aromatic rings. The van der Waals surface area contributed by atoms with Crippen LogP contribution >= 0.6 is 35.6 Å². The molecule has 2 N–H and O–H groups in total. The van der Waals surface area contributed by atoms with Gasteiger partial charge in [0.05, 0.1) is 22.8 Å². The van der Waals surface area contributed by atoms with Crippen molar-refractivity contribution >= 4 is 47.5 Å².